The average Bonchev–Trinajstić information content (AvgIpc) is 2.99. The number of likely N-dealkylation sites (N-methyl/N-ethyl adjacent to an activating group) is 1. The first-order valence-corrected chi connectivity index (χ1v) is 16.7. The van der Waals surface area contributed by atoms with Crippen LogP contribution in [0.15, 0.2) is 42.5 Å². The zero-order valence-corrected chi connectivity index (χ0v) is 28.7. The van der Waals surface area contributed by atoms with E-state index in [9.17, 15) is 24.6 Å². The molecule has 2 unspecified atom stereocenters. The van der Waals surface area contributed by atoms with Crippen molar-refractivity contribution in [3.05, 3.63) is 42.5 Å². The Morgan fingerprint density at radius 2 is 1.51 bits per heavy atom. The molecule has 9 nitrogen and oxygen atoms in total. The number of carbonyl (C=O) groups excluding carboxylic acids is 3. The maximum Gasteiger partial charge on any atom is 0.244 e. The number of fused-ring (bicyclic) bond motifs is 1. The smallest absolute Gasteiger partial charge is 0.244 e. The number of benzene rings is 2. The van der Waals surface area contributed by atoms with Crippen LogP contribution in [0, 0.1) is 17.8 Å². The van der Waals surface area contributed by atoms with Gasteiger partial charge in [0.1, 0.15) is 6.04 Å². The van der Waals surface area contributed by atoms with Crippen LogP contribution in [-0.2, 0) is 14.4 Å². The Labute approximate surface area is 270 Å². The summed E-state index contributed by atoms with van der Waals surface area (Å²) in [7, 11) is 1.72. The number of hydrogen-bond donors (Lipinski definition) is 5. The lowest BCUT2D eigenvalue weighted by atomic mass is 9.88. The lowest BCUT2D eigenvalue weighted by molar-refractivity contribution is -0.129. The summed E-state index contributed by atoms with van der Waals surface area (Å²) >= 11 is 0. The molecule has 5 N–H and O–H groups in total. The summed E-state index contributed by atoms with van der Waals surface area (Å²) in [4.78, 5) is 43.0. The number of rotatable bonds is 19. The van der Waals surface area contributed by atoms with Crippen LogP contribution in [0.25, 0.3) is 10.8 Å². The fourth-order valence-corrected chi connectivity index (χ4v) is 5.69. The molecule has 2 aromatic carbocycles. The second-order valence-electron chi connectivity index (χ2n) is 13.3. The Kier molecular flexibility index (Phi) is 16.0. The van der Waals surface area contributed by atoms with Gasteiger partial charge in [0.25, 0.3) is 0 Å². The number of unbranched alkanes of at least 4 members (excludes halogenated alkanes) is 1. The molecule has 252 valence electrons. The van der Waals surface area contributed by atoms with E-state index in [2.05, 4.69) is 16.0 Å². The number of carbonyl (C=O) groups is 3. The molecule has 3 amide bonds. The van der Waals surface area contributed by atoms with E-state index in [1.165, 1.54) is 0 Å². The van der Waals surface area contributed by atoms with Crippen molar-refractivity contribution in [1.82, 2.24) is 16.0 Å². The van der Waals surface area contributed by atoms with E-state index in [0.29, 0.717) is 25.1 Å². The first-order valence-electron chi connectivity index (χ1n) is 16.7. The van der Waals surface area contributed by atoms with Crippen molar-refractivity contribution in [3.63, 3.8) is 0 Å². The topological polar surface area (TPSA) is 131 Å². The molecule has 6 atom stereocenters. The standard InChI is InChI=1S/C36H58N4O5/c1-9-10-17-32(40(36(45)26(7)37-8)31-18-13-15-27-14-11-12-16-29(27)31)35(44)39-30(19-23(2)3)33(42)21-28(20-25(6)41)34(43)38-22-24(4)5/h11-16,18,23-26,28,30,32-33,37,41-42H,9-10,17,19-22H2,1-8H3,(H,38,43)(H,39,44)/t25?,26-,28?,30-,32-,33-/m0/s1. The molecule has 0 radical (unpaired) electrons. The van der Waals surface area contributed by atoms with Crippen LogP contribution < -0.4 is 20.9 Å². The first kappa shape index (κ1) is 38.2. The van der Waals surface area contributed by atoms with E-state index >= 15 is 0 Å². The summed E-state index contributed by atoms with van der Waals surface area (Å²) in [6, 6.07) is 11.6. The molecule has 0 fully saturated rings. The molecule has 0 bridgehead atoms. The lowest BCUT2D eigenvalue weighted by Gasteiger charge is -2.36. The van der Waals surface area contributed by atoms with Gasteiger partial charge in [-0.05, 0) is 69.9 Å². The number of aliphatic hydroxyl groups is 2. The fourth-order valence-electron chi connectivity index (χ4n) is 5.69. The summed E-state index contributed by atoms with van der Waals surface area (Å²) in [6.45, 7) is 14.0. The molecule has 0 aliphatic carbocycles. The van der Waals surface area contributed by atoms with Gasteiger partial charge < -0.3 is 26.2 Å². The van der Waals surface area contributed by atoms with E-state index in [1.54, 1.807) is 25.8 Å². The molecule has 0 aliphatic heterocycles. The second-order valence-corrected chi connectivity index (χ2v) is 13.3. The van der Waals surface area contributed by atoms with Gasteiger partial charge in [0.15, 0.2) is 0 Å². The van der Waals surface area contributed by atoms with Gasteiger partial charge in [-0.2, -0.15) is 0 Å². The third-order valence-electron chi connectivity index (χ3n) is 8.24. The van der Waals surface area contributed by atoms with Crippen molar-refractivity contribution in [2.24, 2.45) is 17.8 Å². The highest BCUT2D eigenvalue weighted by molar-refractivity contribution is 6.09. The van der Waals surface area contributed by atoms with Crippen molar-refractivity contribution in [2.75, 3.05) is 18.5 Å². The van der Waals surface area contributed by atoms with E-state index in [1.807, 2.05) is 77.1 Å². The zero-order chi connectivity index (χ0) is 33.7. The van der Waals surface area contributed by atoms with E-state index in [-0.39, 0.29) is 42.4 Å². The summed E-state index contributed by atoms with van der Waals surface area (Å²) < 4.78 is 0. The number of nitrogens with one attached hydrogen (secondary N) is 3. The second kappa shape index (κ2) is 18.8. The number of hydrogen-bond acceptors (Lipinski definition) is 6. The number of amides is 3. The first-order chi connectivity index (χ1) is 21.3. The number of anilines is 1. The van der Waals surface area contributed by atoms with Crippen molar-refractivity contribution in [1.29, 1.82) is 0 Å². The van der Waals surface area contributed by atoms with Gasteiger partial charge >= 0.3 is 0 Å². The molecule has 0 aliphatic rings. The molecule has 0 heterocycles. The normalized spacial score (nSPS) is 15.7. The monoisotopic (exact) mass is 626 g/mol. The Hall–Kier alpha value is -3.01. The van der Waals surface area contributed by atoms with Crippen LogP contribution in [-0.4, -0.2) is 71.9 Å². The molecule has 45 heavy (non-hydrogen) atoms. The van der Waals surface area contributed by atoms with Crippen LogP contribution in [0.4, 0.5) is 5.69 Å². The van der Waals surface area contributed by atoms with E-state index in [0.717, 1.165) is 23.6 Å². The molecule has 2 rings (SSSR count). The van der Waals surface area contributed by atoms with Gasteiger partial charge in [0.2, 0.25) is 17.7 Å². The highest BCUT2D eigenvalue weighted by Gasteiger charge is 2.36. The van der Waals surface area contributed by atoms with Crippen LogP contribution in [0.3, 0.4) is 0 Å². The molecule has 0 aromatic heterocycles. The summed E-state index contributed by atoms with van der Waals surface area (Å²) in [6.07, 6.45) is 1.03. The summed E-state index contributed by atoms with van der Waals surface area (Å²) in [5, 5.41) is 32.6. The minimum Gasteiger partial charge on any atom is -0.393 e. The van der Waals surface area contributed by atoms with Crippen LogP contribution in [0.5, 0.6) is 0 Å². The van der Waals surface area contributed by atoms with Gasteiger partial charge in [-0.15, -0.1) is 0 Å². The highest BCUT2D eigenvalue weighted by atomic mass is 16.3. The quantitative estimate of drug-likeness (QED) is 0.153. The lowest BCUT2D eigenvalue weighted by Crippen LogP contribution is -2.57. The number of nitrogens with zero attached hydrogens (tertiary/aromatic N) is 1. The Morgan fingerprint density at radius 3 is 2.11 bits per heavy atom. The Morgan fingerprint density at radius 1 is 0.844 bits per heavy atom. The van der Waals surface area contributed by atoms with Gasteiger partial charge in [0, 0.05) is 17.8 Å². The molecular weight excluding hydrogens is 568 g/mol. The summed E-state index contributed by atoms with van der Waals surface area (Å²) in [5.74, 6) is -0.987. The van der Waals surface area contributed by atoms with Crippen molar-refractivity contribution in [3.8, 4) is 0 Å². The average molecular weight is 627 g/mol. The maximum atomic E-state index is 14.3. The molecule has 0 saturated heterocycles. The largest absolute Gasteiger partial charge is 0.393 e. The Bertz CT molecular complexity index is 1210. The fraction of sp³-hybridized carbons (Fsp3) is 0.639. The van der Waals surface area contributed by atoms with Gasteiger partial charge in [-0.1, -0.05) is 83.9 Å². The van der Waals surface area contributed by atoms with Crippen LogP contribution >= 0.6 is 0 Å². The molecule has 2 aromatic rings. The van der Waals surface area contributed by atoms with Crippen LogP contribution in [0.2, 0.25) is 0 Å². The molecular formula is C36H58N4O5. The molecule has 9 heteroatoms. The van der Waals surface area contributed by atoms with Crippen molar-refractivity contribution in [2.45, 2.75) is 117 Å². The zero-order valence-electron chi connectivity index (χ0n) is 28.7. The minimum atomic E-state index is -1.03. The molecule has 0 spiro atoms. The molecule has 0 saturated carbocycles. The minimum absolute atomic E-state index is 0.0921. The van der Waals surface area contributed by atoms with Crippen LogP contribution in [0.1, 0.15) is 87.0 Å². The van der Waals surface area contributed by atoms with E-state index in [4.69, 9.17) is 0 Å². The number of aliphatic hydroxyl groups excluding tert-OH is 2. The predicted molar refractivity (Wildman–Crippen MR) is 183 cm³/mol. The third-order valence-corrected chi connectivity index (χ3v) is 8.24. The van der Waals surface area contributed by atoms with Gasteiger partial charge in [0.05, 0.1) is 30.0 Å². The van der Waals surface area contributed by atoms with Crippen molar-refractivity contribution >= 4 is 34.2 Å². The van der Waals surface area contributed by atoms with E-state index < -0.39 is 36.3 Å². The highest BCUT2D eigenvalue weighted by Crippen LogP contribution is 2.31. The van der Waals surface area contributed by atoms with Gasteiger partial charge in [-0.3, -0.25) is 19.3 Å². The maximum absolute atomic E-state index is 14.3. The summed E-state index contributed by atoms with van der Waals surface area (Å²) in [5.41, 5.74) is 0.663. The predicted octanol–water partition coefficient (Wildman–Crippen LogP) is 4.78. The van der Waals surface area contributed by atoms with Crippen molar-refractivity contribution < 1.29 is 24.6 Å². The Balaban J connectivity index is 2.49. The van der Waals surface area contributed by atoms with Gasteiger partial charge in [-0.25, -0.2) is 0 Å². The third kappa shape index (κ3) is 11.7. The SMILES string of the molecule is CCCC[C@@H](C(=O)N[C@@H](CC(C)C)[C@@H](O)CC(CC(C)O)C(=O)NCC(C)C)N(C(=O)[C@H](C)NC)c1cccc2ccccc12.